The number of amides is 1. The number of likely N-dealkylation sites (tertiary alicyclic amines) is 1. The number of carbonyl (C=O) groups excluding carboxylic acids is 1. The average molecular weight is 289 g/mol. The Morgan fingerprint density at radius 1 is 1.24 bits per heavy atom. The first-order chi connectivity index (χ1) is 9.92. The topological polar surface area (TPSA) is 54.3 Å². The van der Waals surface area contributed by atoms with Gasteiger partial charge in [0, 0.05) is 49.6 Å². The van der Waals surface area contributed by atoms with Gasteiger partial charge in [0.2, 0.25) is 5.91 Å². The fourth-order valence-electron chi connectivity index (χ4n) is 3.53. The molecule has 0 unspecified atom stereocenters. The molecular formula is C16H23N3O2. The summed E-state index contributed by atoms with van der Waals surface area (Å²) >= 11 is 0. The van der Waals surface area contributed by atoms with E-state index in [1.807, 2.05) is 4.90 Å². The van der Waals surface area contributed by atoms with Gasteiger partial charge >= 0.3 is 0 Å². The zero-order valence-corrected chi connectivity index (χ0v) is 12.9. The minimum Gasteiger partial charge on any atom is -0.380 e. The van der Waals surface area contributed by atoms with Gasteiger partial charge in [0.15, 0.2) is 5.66 Å². The van der Waals surface area contributed by atoms with Crippen molar-refractivity contribution in [1.29, 1.82) is 0 Å². The normalized spacial score (nSPS) is 35.6. The van der Waals surface area contributed by atoms with Gasteiger partial charge in [-0.2, -0.15) is 10.2 Å². The Morgan fingerprint density at radius 2 is 1.86 bits per heavy atom. The highest BCUT2D eigenvalue weighted by Crippen LogP contribution is 2.50. The number of carbonyl (C=O) groups is 1. The molecule has 3 heterocycles. The van der Waals surface area contributed by atoms with Gasteiger partial charge in [-0.3, -0.25) is 4.79 Å². The van der Waals surface area contributed by atoms with Gasteiger partial charge in [0.1, 0.15) is 0 Å². The summed E-state index contributed by atoms with van der Waals surface area (Å²) in [7, 11) is 0. The van der Waals surface area contributed by atoms with E-state index in [0.717, 1.165) is 32.7 Å². The van der Waals surface area contributed by atoms with E-state index in [-0.39, 0.29) is 22.4 Å². The van der Waals surface area contributed by atoms with E-state index in [4.69, 9.17) is 11.2 Å². The van der Waals surface area contributed by atoms with Gasteiger partial charge in [0.25, 0.3) is 0 Å². The molecule has 5 heteroatoms. The Hall–Kier alpha value is -1.41. The van der Waals surface area contributed by atoms with E-state index in [1.54, 1.807) is 0 Å². The van der Waals surface area contributed by atoms with Gasteiger partial charge in [-0.15, -0.1) is 12.3 Å². The molecule has 0 saturated carbocycles. The molecule has 2 saturated heterocycles. The van der Waals surface area contributed by atoms with Crippen LogP contribution in [0.5, 0.6) is 0 Å². The SMILES string of the molecule is C#CCCC1(CCC(=O)N2C[C@]3(C)COC[C@]3(C)C2)N=N1. The predicted molar refractivity (Wildman–Crippen MR) is 78.5 cm³/mol. The molecule has 0 aromatic carbocycles. The van der Waals surface area contributed by atoms with Crippen LogP contribution in [0, 0.1) is 23.2 Å². The molecule has 0 aliphatic carbocycles. The Morgan fingerprint density at radius 3 is 2.38 bits per heavy atom. The minimum atomic E-state index is -0.353. The van der Waals surface area contributed by atoms with E-state index in [9.17, 15) is 4.79 Å². The van der Waals surface area contributed by atoms with Gasteiger partial charge in [-0.25, -0.2) is 0 Å². The third kappa shape index (κ3) is 2.46. The molecule has 0 aromatic rings. The number of nitrogens with zero attached hydrogens (tertiary/aromatic N) is 3. The number of terminal acetylenes is 1. The number of ether oxygens (including phenoxy) is 1. The molecule has 1 amide bonds. The van der Waals surface area contributed by atoms with Gasteiger partial charge in [0.05, 0.1) is 13.2 Å². The predicted octanol–water partition coefficient (Wildman–Crippen LogP) is 2.23. The Labute approximate surface area is 126 Å². The smallest absolute Gasteiger partial charge is 0.222 e. The molecule has 0 bridgehead atoms. The molecule has 3 rings (SSSR count). The lowest BCUT2D eigenvalue weighted by Crippen LogP contribution is -2.34. The number of rotatable bonds is 5. The Bertz CT molecular complexity index is 500. The summed E-state index contributed by atoms with van der Waals surface area (Å²) in [5.74, 6) is 2.83. The summed E-state index contributed by atoms with van der Waals surface area (Å²) in [4.78, 5) is 14.5. The Balaban J connectivity index is 1.53. The first-order valence-corrected chi connectivity index (χ1v) is 7.65. The average Bonchev–Trinajstić information content (AvgIpc) is 3.08. The zero-order chi connectivity index (χ0) is 15.1. The highest BCUT2D eigenvalue weighted by molar-refractivity contribution is 5.77. The van der Waals surface area contributed by atoms with Crippen molar-refractivity contribution < 1.29 is 9.53 Å². The van der Waals surface area contributed by atoms with Crippen LogP contribution in [0.25, 0.3) is 0 Å². The highest BCUT2D eigenvalue weighted by Gasteiger charge is 2.56. The second kappa shape index (κ2) is 4.81. The lowest BCUT2D eigenvalue weighted by atomic mass is 9.71. The van der Waals surface area contributed by atoms with Crippen LogP contribution >= 0.6 is 0 Å². The second-order valence-electron chi connectivity index (χ2n) is 7.25. The van der Waals surface area contributed by atoms with Crippen molar-refractivity contribution in [3.8, 4) is 12.3 Å². The van der Waals surface area contributed by atoms with E-state index >= 15 is 0 Å². The first-order valence-electron chi connectivity index (χ1n) is 7.65. The van der Waals surface area contributed by atoms with E-state index in [2.05, 4.69) is 30.0 Å². The molecule has 0 spiro atoms. The summed E-state index contributed by atoms with van der Waals surface area (Å²) in [5, 5.41) is 8.19. The Kier molecular flexibility index (Phi) is 3.32. The van der Waals surface area contributed by atoms with Crippen LogP contribution in [-0.2, 0) is 9.53 Å². The maximum Gasteiger partial charge on any atom is 0.222 e. The maximum atomic E-state index is 12.5. The quantitative estimate of drug-likeness (QED) is 0.729. The molecule has 2 fully saturated rings. The van der Waals surface area contributed by atoms with Crippen LogP contribution in [0.1, 0.15) is 39.5 Å². The first kappa shape index (κ1) is 14.5. The van der Waals surface area contributed by atoms with Crippen molar-refractivity contribution in [2.45, 2.75) is 45.2 Å². The highest BCUT2D eigenvalue weighted by atomic mass is 16.5. The summed E-state index contributed by atoms with van der Waals surface area (Å²) in [6, 6.07) is 0. The largest absolute Gasteiger partial charge is 0.380 e. The summed E-state index contributed by atoms with van der Waals surface area (Å²) in [6.45, 7) is 7.57. The lowest BCUT2D eigenvalue weighted by Gasteiger charge is -2.29. The van der Waals surface area contributed by atoms with Crippen LogP contribution in [0.15, 0.2) is 10.2 Å². The molecule has 0 radical (unpaired) electrons. The molecule has 21 heavy (non-hydrogen) atoms. The standard InChI is InChI=1S/C16H23N3O2/c1-4-5-7-16(17-18-16)8-6-13(20)19-9-14(2)11-21-12-15(14,3)10-19/h1H,5-12H2,2-3H3/t14-,15+. The molecule has 114 valence electrons. The molecule has 0 N–H and O–H groups in total. The van der Waals surface area contributed by atoms with E-state index in [0.29, 0.717) is 19.3 Å². The van der Waals surface area contributed by atoms with Crippen LogP contribution in [0.4, 0.5) is 0 Å². The summed E-state index contributed by atoms with van der Waals surface area (Å²) in [5.41, 5.74) is -0.162. The number of hydrogen-bond acceptors (Lipinski definition) is 4. The van der Waals surface area contributed by atoms with Gasteiger partial charge < -0.3 is 9.64 Å². The monoisotopic (exact) mass is 289 g/mol. The number of hydrogen-bond donors (Lipinski definition) is 0. The van der Waals surface area contributed by atoms with Gasteiger partial charge in [-0.05, 0) is 0 Å². The molecule has 2 atom stereocenters. The summed E-state index contributed by atoms with van der Waals surface area (Å²) in [6.07, 6.45) is 7.90. The maximum absolute atomic E-state index is 12.5. The van der Waals surface area contributed by atoms with Crippen molar-refractivity contribution in [3.63, 3.8) is 0 Å². The van der Waals surface area contributed by atoms with Crippen LogP contribution < -0.4 is 0 Å². The van der Waals surface area contributed by atoms with Crippen LogP contribution in [-0.4, -0.2) is 42.8 Å². The van der Waals surface area contributed by atoms with Crippen molar-refractivity contribution >= 4 is 5.91 Å². The van der Waals surface area contributed by atoms with E-state index in [1.165, 1.54) is 0 Å². The summed E-state index contributed by atoms with van der Waals surface area (Å²) < 4.78 is 5.63. The molecule has 3 aliphatic rings. The molecule has 3 aliphatic heterocycles. The number of fused-ring (bicyclic) bond motifs is 1. The third-order valence-corrected chi connectivity index (χ3v) is 5.52. The molecule has 5 nitrogen and oxygen atoms in total. The third-order valence-electron chi connectivity index (χ3n) is 5.52. The van der Waals surface area contributed by atoms with Gasteiger partial charge in [-0.1, -0.05) is 13.8 Å². The van der Waals surface area contributed by atoms with Crippen molar-refractivity contribution in [2.75, 3.05) is 26.3 Å². The van der Waals surface area contributed by atoms with Crippen molar-refractivity contribution in [3.05, 3.63) is 0 Å². The van der Waals surface area contributed by atoms with E-state index < -0.39 is 0 Å². The zero-order valence-electron chi connectivity index (χ0n) is 12.9. The molecule has 0 aromatic heterocycles. The fraction of sp³-hybridized carbons (Fsp3) is 0.812. The van der Waals surface area contributed by atoms with Crippen LogP contribution in [0.2, 0.25) is 0 Å². The minimum absolute atomic E-state index is 0.0954. The van der Waals surface area contributed by atoms with Crippen molar-refractivity contribution in [2.24, 2.45) is 21.1 Å². The fourth-order valence-corrected chi connectivity index (χ4v) is 3.53. The molecular weight excluding hydrogens is 266 g/mol. The second-order valence-corrected chi connectivity index (χ2v) is 7.25. The van der Waals surface area contributed by atoms with Crippen molar-refractivity contribution in [1.82, 2.24) is 4.90 Å². The lowest BCUT2D eigenvalue weighted by molar-refractivity contribution is -0.131. The van der Waals surface area contributed by atoms with Crippen LogP contribution in [0.3, 0.4) is 0 Å².